The molecule has 0 atom stereocenters. The van der Waals surface area contributed by atoms with Gasteiger partial charge in [-0.3, -0.25) is 4.79 Å². The topological polar surface area (TPSA) is 76.1 Å². The molecule has 1 aliphatic carbocycles. The van der Waals surface area contributed by atoms with Crippen LogP contribution in [0.1, 0.15) is 42.5 Å². The van der Waals surface area contributed by atoms with Crippen molar-refractivity contribution in [3.63, 3.8) is 0 Å². The standard InChI is InChI=1S/C22H24N4O2/c1-23-22-24-13-12-20(26-22)28-17-10-11-18-15(14-17)6-5-9-19(18)21(27)25-16-7-3-2-4-8-16/h5-6,9-14,16H,2-4,7-8H2,1H3,(H,25,27)(H,23,24,26). The molecule has 144 valence electrons. The van der Waals surface area contributed by atoms with Crippen molar-refractivity contribution in [1.29, 1.82) is 0 Å². The van der Waals surface area contributed by atoms with Gasteiger partial charge in [0.15, 0.2) is 0 Å². The first-order valence-corrected chi connectivity index (χ1v) is 9.75. The largest absolute Gasteiger partial charge is 0.439 e. The minimum absolute atomic E-state index is 0.000584. The van der Waals surface area contributed by atoms with E-state index in [1.54, 1.807) is 19.3 Å². The maximum absolute atomic E-state index is 12.8. The van der Waals surface area contributed by atoms with E-state index in [-0.39, 0.29) is 5.91 Å². The van der Waals surface area contributed by atoms with Crippen LogP contribution in [0.4, 0.5) is 5.95 Å². The van der Waals surface area contributed by atoms with Gasteiger partial charge >= 0.3 is 0 Å². The molecule has 4 rings (SSSR count). The fourth-order valence-electron chi connectivity index (χ4n) is 3.67. The number of fused-ring (bicyclic) bond motifs is 1. The number of aromatic nitrogens is 2. The number of nitrogens with zero attached hydrogens (tertiary/aromatic N) is 2. The van der Waals surface area contributed by atoms with Crippen molar-refractivity contribution in [1.82, 2.24) is 15.3 Å². The smallest absolute Gasteiger partial charge is 0.252 e. The predicted molar refractivity (Wildman–Crippen MR) is 110 cm³/mol. The summed E-state index contributed by atoms with van der Waals surface area (Å²) >= 11 is 0. The average molecular weight is 376 g/mol. The fraction of sp³-hybridized carbons (Fsp3) is 0.318. The van der Waals surface area contributed by atoms with E-state index in [1.807, 2.05) is 36.4 Å². The van der Waals surface area contributed by atoms with Crippen LogP contribution in [0.2, 0.25) is 0 Å². The Morgan fingerprint density at radius 3 is 2.79 bits per heavy atom. The third-order valence-corrected chi connectivity index (χ3v) is 5.11. The first-order chi connectivity index (χ1) is 13.7. The molecular formula is C22H24N4O2. The zero-order valence-corrected chi connectivity index (χ0v) is 15.9. The van der Waals surface area contributed by atoms with Gasteiger partial charge < -0.3 is 15.4 Å². The molecule has 1 fully saturated rings. The van der Waals surface area contributed by atoms with Crippen molar-refractivity contribution >= 4 is 22.6 Å². The molecule has 0 bridgehead atoms. The molecule has 1 amide bonds. The van der Waals surface area contributed by atoms with E-state index >= 15 is 0 Å². The summed E-state index contributed by atoms with van der Waals surface area (Å²) < 4.78 is 5.86. The molecule has 6 nitrogen and oxygen atoms in total. The number of carbonyl (C=O) groups excluding carboxylic acids is 1. The molecular weight excluding hydrogens is 352 g/mol. The SMILES string of the molecule is CNc1nccc(Oc2ccc3c(C(=O)NC4CCCCC4)cccc3c2)n1. The molecule has 0 aliphatic heterocycles. The van der Waals surface area contributed by atoms with Crippen LogP contribution in [0, 0.1) is 0 Å². The number of amides is 1. The Morgan fingerprint density at radius 2 is 1.96 bits per heavy atom. The Morgan fingerprint density at radius 1 is 1.11 bits per heavy atom. The van der Waals surface area contributed by atoms with Gasteiger partial charge in [-0.05, 0) is 47.9 Å². The van der Waals surface area contributed by atoms with Crippen molar-refractivity contribution in [2.45, 2.75) is 38.1 Å². The summed E-state index contributed by atoms with van der Waals surface area (Å²) in [4.78, 5) is 21.2. The number of nitrogens with one attached hydrogen (secondary N) is 2. The highest BCUT2D eigenvalue weighted by Crippen LogP contribution is 2.27. The minimum Gasteiger partial charge on any atom is -0.439 e. The van der Waals surface area contributed by atoms with Crippen LogP contribution >= 0.6 is 0 Å². The van der Waals surface area contributed by atoms with Gasteiger partial charge in [-0.15, -0.1) is 0 Å². The van der Waals surface area contributed by atoms with E-state index in [0.29, 0.717) is 29.2 Å². The molecule has 6 heteroatoms. The van der Waals surface area contributed by atoms with Crippen LogP contribution in [-0.4, -0.2) is 29.0 Å². The number of hydrogen-bond donors (Lipinski definition) is 2. The summed E-state index contributed by atoms with van der Waals surface area (Å²) in [5.41, 5.74) is 0.703. The van der Waals surface area contributed by atoms with Gasteiger partial charge in [-0.25, -0.2) is 4.98 Å². The van der Waals surface area contributed by atoms with Crippen molar-refractivity contribution in [2.24, 2.45) is 0 Å². The number of anilines is 1. The van der Waals surface area contributed by atoms with E-state index in [9.17, 15) is 4.79 Å². The summed E-state index contributed by atoms with van der Waals surface area (Å²) in [5.74, 6) is 1.63. The van der Waals surface area contributed by atoms with Gasteiger partial charge in [0, 0.05) is 30.9 Å². The highest BCUT2D eigenvalue weighted by Gasteiger charge is 2.18. The van der Waals surface area contributed by atoms with E-state index in [2.05, 4.69) is 20.6 Å². The van der Waals surface area contributed by atoms with E-state index in [4.69, 9.17) is 4.74 Å². The summed E-state index contributed by atoms with van der Waals surface area (Å²) in [7, 11) is 1.76. The third-order valence-electron chi connectivity index (χ3n) is 5.11. The molecule has 1 aromatic heterocycles. The number of benzene rings is 2. The highest BCUT2D eigenvalue weighted by atomic mass is 16.5. The van der Waals surface area contributed by atoms with Crippen LogP contribution in [0.15, 0.2) is 48.7 Å². The van der Waals surface area contributed by atoms with Crippen molar-refractivity contribution in [3.8, 4) is 11.6 Å². The number of rotatable bonds is 5. The van der Waals surface area contributed by atoms with Crippen molar-refractivity contribution < 1.29 is 9.53 Å². The first-order valence-electron chi connectivity index (χ1n) is 9.75. The monoisotopic (exact) mass is 376 g/mol. The van der Waals surface area contributed by atoms with Crippen LogP contribution in [0.25, 0.3) is 10.8 Å². The van der Waals surface area contributed by atoms with Gasteiger partial charge in [0.05, 0.1) is 0 Å². The van der Waals surface area contributed by atoms with Crippen LogP contribution in [0.3, 0.4) is 0 Å². The van der Waals surface area contributed by atoms with Gasteiger partial charge in [0.1, 0.15) is 5.75 Å². The molecule has 0 spiro atoms. The zero-order valence-electron chi connectivity index (χ0n) is 15.9. The zero-order chi connectivity index (χ0) is 19.3. The Kier molecular flexibility index (Phi) is 5.37. The normalized spacial score (nSPS) is 14.6. The van der Waals surface area contributed by atoms with Crippen LogP contribution in [-0.2, 0) is 0 Å². The van der Waals surface area contributed by atoms with Crippen LogP contribution in [0.5, 0.6) is 11.6 Å². The average Bonchev–Trinajstić information content (AvgIpc) is 2.74. The van der Waals surface area contributed by atoms with Gasteiger partial charge in [-0.1, -0.05) is 31.4 Å². The maximum atomic E-state index is 12.8. The lowest BCUT2D eigenvalue weighted by molar-refractivity contribution is 0.0929. The molecule has 0 unspecified atom stereocenters. The summed E-state index contributed by atoms with van der Waals surface area (Å²) in [6, 6.07) is 13.5. The summed E-state index contributed by atoms with van der Waals surface area (Å²) in [6.07, 6.45) is 7.44. The number of hydrogen-bond acceptors (Lipinski definition) is 5. The number of carbonyl (C=O) groups is 1. The van der Waals surface area contributed by atoms with Crippen molar-refractivity contribution in [2.75, 3.05) is 12.4 Å². The lowest BCUT2D eigenvalue weighted by Gasteiger charge is -2.23. The molecule has 1 aliphatic rings. The Bertz CT molecular complexity index is 983. The molecule has 3 aromatic rings. The van der Waals surface area contributed by atoms with Crippen LogP contribution < -0.4 is 15.4 Å². The lowest BCUT2D eigenvalue weighted by Crippen LogP contribution is -2.36. The molecule has 0 saturated heterocycles. The fourth-order valence-corrected chi connectivity index (χ4v) is 3.67. The minimum atomic E-state index is 0.000584. The Balaban J connectivity index is 1.56. The second-order valence-corrected chi connectivity index (χ2v) is 7.07. The first kappa shape index (κ1) is 18.2. The molecule has 1 saturated carbocycles. The quantitative estimate of drug-likeness (QED) is 0.684. The third kappa shape index (κ3) is 4.06. The molecule has 0 radical (unpaired) electrons. The van der Waals surface area contributed by atoms with Crippen molar-refractivity contribution in [3.05, 3.63) is 54.2 Å². The summed E-state index contributed by atoms with van der Waals surface area (Å²) in [6.45, 7) is 0. The predicted octanol–water partition coefficient (Wildman–Crippen LogP) is 4.53. The molecule has 2 aromatic carbocycles. The molecule has 28 heavy (non-hydrogen) atoms. The molecule has 1 heterocycles. The van der Waals surface area contributed by atoms with E-state index < -0.39 is 0 Å². The number of ether oxygens (including phenoxy) is 1. The second-order valence-electron chi connectivity index (χ2n) is 7.07. The van der Waals surface area contributed by atoms with E-state index in [1.165, 1.54) is 19.3 Å². The molecule has 2 N–H and O–H groups in total. The highest BCUT2D eigenvalue weighted by molar-refractivity contribution is 6.07. The van der Waals surface area contributed by atoms with E-state index in [0.717, 1.165) is 23.6 Å². The second kappa shape index (κ2) is 8.25. The van der Waals surface area contributed by atoms with Gasteiger partial charge in [-0.2, -0.15) is 4.98 Å². The Hall–Kier alpha value is -3.15. The lowest BCUT2D eigenvalue weighted by atomic mass is 9.95. The van der Waals surface area contributed by atoms with Gasteiger partial charge in [0.2, 0.25) is 11.8 Å². The van der Waals surface area contributed by atoms with Gasteiger partial charge in [0.25, 0.3) is 5.91 Å². The Labute approximate surface area is 164 Å². The summed E-state index contributed by atoms with van der Waals surface area (Å²) in [5, 5.41) is 7.96. The maximum Gasteiger partial charge on any atom is 0.252 e.